The number of hydrogen-bond donors (Lipinski definition) is 1. The number of halogens is 3. The van der Waals surface area contributed by atoms with Gasteiger partial charge < -0.3 is 5.73 Å². The van der Waals surface area contributed by atoms with Gasteiger partial charge >= 0.3 is 0 Å². The van der Waals surface area contributed by atoms with E-state index in [0.29, 0.717) is 11.4 Å². The third-order valence-electron chi connectivity index (χ3n) is 2.79. The Balaban J connectivity index is 1.91. The zero-order valence-corrected chi connectivity index (χ0v) is 13.0. The highest BCUT2D eigenvalue weighted by Gasteiger charge is 2.10. The minimum Gasteiger partial charge on any atom is -0.327 e. The van der Waals surface area contributed by atoms with Crippen LogP contribution in [0.15, 0.2) is 47.4 Å². The van der Waals surface area contributed by atoms with E-state index in [1.807, 2.05) is 24.3 Å². The van der Waals surface area contributed by atoms with Crippen molar-refractivity contribution in [2.24, 2.45) is 5.73 Å². The van der Waals surface area contributed by atoms with Crippen molar-refractivity contribution in [3.63, 3.8) is 0 Å². The van der Waals surface area contributed by atoms with Crippen LogP contribution < -0.4 is 5.73 Å². The summed E-state index contributed by atoms with van der Waals surface area (Å²) in [6, 6.07) is 12.3. The molecule has 0 radical (unpaired) electrons. The Morgan fingerprint density at radius 3 is 2.50 bits per heavy atom. The second-order valence-electron chi connectivity index (χ2n) is 4.44. The Morgan fingerprint density at radius 2 is 1.80 bits per heavy atom. The van der Waals surface area contributed by atoms with Crippen LogP contribution in [0.4, 0.5) is 4.39 Å². The summed E-state index contributed by atoms with van der Waals surface area (Å²) in [6.45, 7) is 0. The molecule has 0 aliphatic heterocycles. The molecule has 5 heteroatoms. The van der Waals surface area contributed by atoms with Crippen LogP contribution >= 0.6 is 35.0 Å². The van der Waals surface area contributed by atoms with E-state index in [1.165, 1.54) is 6.07 Å². The Morgan fingerprint density at radius 1 is 1.10 bits per heavy atom. The lowest BCUT2D eigenvalue weighted by Gasteiger charge is -2.12. The first-order valence-corrected chi connectivity index (χ1v) is 7.87. The lowest BCUT2D eigenvalue weighted by Crippen LogP contribution is -2.25. The van der Waals surface area contributed by atoms with Crippen molar-refractivity contribution in [1.29, 1.82) is 0 Å². The largest absolute Gasteiger partial charge is 0.327 e. The molecule has 0 fully saturated rings. The molecule has 1 nitrogen and oxygen atoms in total. The Kier molecular flexibility index (Phi) is 5.73. The smallest absolute Gasteiger partial charge is 0.142 e. The lowest BCUT2D eigenvalue weighted by molar-refractivity contribution is 0.623. The molecule has 0 aliphatic rings. The summed E-state index contributed by atoms with van der Waals surface area (Å²) in [5.74, 6) is 0.329. The fourth-order valence-electron chi connectivity index (χ4n) is 1.78. The van der Waals surface area contributed by atoms with Gasteiger partial charge in [0.15, 0.2) is 0 Å². The minimum atomic E-state index is -0.401. The molecule has 2 aromatic carbocycles. The molecule has 0 saturated heterocycles. The van der Waals surface area contributed by atoms with Crippen LogP contribution in [0.3, 0.4) is 0 Å². The zero-order valence-electron chi connectivity index (χ0n) is 10.7. The number of thioether (sulfide) groups is 1. The second-order valence-corrected chi connectivity index (χ2v) is 6.35. The van der Waals surface area contributed by atoms with Crippen LogP contribution in [0.25, 0.3) is 0 Å². The molecule has 2 N–H and O–H groups in total. The Bertz CT molecular complexity index is 575. The molecule has 0 aromatic heterocycles. The van der Waals surface area contributed by atoms with Crippen LogP contribution in [0.1, 0.15) is 5.56 Å². The molecule has 20 heavy (non-hydrogen) atoms. The van der Waals surface area contributed by atoms with Gasteiger partial charge in [-0.25, -0.2) is 4.39 Å². The Hall–Kier alpha value is -0.740. The summed E-state index contributed by atoms with van der Waals surface area (Å²) < 4.78 is 13.3. The van der Waals surface area contributed by atoms with E-state index < -0.39 is 5.82 Å². The highest BCUT2D eigenvalue weighted by molar-refractivity contribution is 7.99. The van der Waals surface area contributed by atoms with Crippen LogP contribution in [0.5, 0.6) is 0 Å². The number of nitrogens with two attached hydrogens (primary N) is 1. The lowest BCUT2D eigenvalue weighted by atomic mass is 10.1. The predicted octanol–water partition coefficient (Wildman–Crippen LogP) is 4.79. The minimum absolute atomic E-state index is 0.0880. The van der Waals surface area contributed by atoms with Crippen LogP contribution in [-0.2, 0) is 6.42 Å². The zero-order chi connectivity index (χ0) is 14.5. The molecule has 1 atom stereocenters. The van der Waals surface area contributed by atoms with Gasteiger partial charge in [0, 0.05) is 21.7 Å². The van der Waals surface area contributed by atoms with E-state index in [1.54, 1.807) is 23.9 Å². The van der Waals surface area contributed by atoms with Crippen LogP contribution in [0, 0.1) is 5.82 Å². The SMILES string of the molecule is NC(CSc1ccc(Cl)cc1)Cc1cccc(F)c1Cl. The average molecular weight is 330 g/mol. The molecular weight excluding hydrogens is 316 g/mol. The van der Waals surface area contributed by atoms with E-state index in [0.717, 1.165) is 16.2 Å². The van der Waals surface area contributed by atoms with Crippen LogP contribution in [-0.4, -0.2) is 11.8 Å². The first kappa shape index (κ1) is 15.6. The first-order valence-electron chi connectivity index (χ1n) is 6.13. The monoisotopic (exact) mass is 329 g/mol. The average Bonchev–Trinajstić information content (AvgIpc) is 2.43. The summed E-state index contributed by atoms with van der Waals surface area (Å²) in [6.07, 6.45) is 0.553. The number of benzene rings is 2. The quantitative estimate of drug-likeness (QED) is 0.798. The first-order chi connectivity index (χ1) is 9.56. The van der Waals surface area contributed by atoms with Crippen molar-refractivity contribution in [2.75, 3.05) is 5.75 Å². The van der Waals surface area contributed by atoms with Crippen molar-refractivity contribution in [3.8, 4) is 0 Å². The van der Waals surface area contributed by atoms with E-state index in [9.17, 15) is 4.39 Å². The molecule has 2 aromatic rings. The summed E-state index contributed by atoms with van der Waals surface area (Å²) in [7, 11) is 0. The maximum Gasteiger partial charge on any atom is 0.142 e. The van der Waals surface area contributed by atoms with E-state index in [4.69, 9.17) is 28.9 Å². The summed E-state index contributed by atoms with van der Waals surface area (Å²) in [5.41, 5.74) is 6.82. The summed E-state index contributed by atoms with van der Waals surface area (Å²) in [5, 5.41) is 0.879. The van der Waals surface area contributed by atoms with Gasteiger partial charge in [-0.15, -0.1) is 11.8 Å². The van der Waals surface area contributed by atoms with Gasteiger partial charge in [-0.05, 0) is 42.3 Å². The highest BCUT2D eigenvalue weighted by Crippen LogP contribution is 2.24. The molecule has 0 aliphatic carbocycles. The maximum absolute atomic E-state index is 13.3. The van der Waals surface area contributed by atoms with E-state index >= 15 is 0 Å². The second kappa shape index (κ2) is 7.32. The molecule has 0 spiro atoms. The molecule has 0 saturated carbocycles. The van der Waals surface area contributed by atoms with Gasteiger partial charge in [-0.2, -0.15) is 0 Å². The van der Waals surface area contributed by atoms with E-state index in [2.05, 4.69) is 0 Å². The van der Waals surface area contributed by atoms with Crippen molar-refractivity contribution >= 4 is 35.0 Å². The maximum atomic E-state index is 13.3. The number of hydrogen-bond acceptors (Lipinski definition) is 2. The predicted molar refractivity (Wildman–Crippen MR) is 85.3 cm³/mol. The van der Waals surface area contributed by atoms with Gasteiger partial charge in [-0.3, -0.25) is 0 Å². The van der Waals surface area contributed by atoms with E-state index in [-0.39, 0.29) is 11.1 Å². The molecule has 0 bridgehead atoms. The molecular formula is C15H14Cl2FNS. The topological polar surface area (TPSA) is 26.0 Å². The summed E-state index contributed by atoms with van der Waals surface area (Å²) in [4.78, 5) is 1.11. The standard InChI is InChI=1S/C15H14Cl2FNS/c16-11-4-6-13(7-5-11)20-9-12(19)8-10-2-1-3-14(18)15(10)17/h1-7,12H,8-9,19H2. The molecule has 0 heterocycles. The molecule has 1 unspecified atom stereocenters. The Labute approximate surface area is 132 Å². The van der Waals surface area contributed by atoms with Crippen molar-refractivity contribution in [2.45, 2.75) is 17.4 Å². The third kappa shape index (κ3) is 4.38. The van der Waals surface area contributed by atoms with Gasteiger partial charge in [0.2, 0.25) is 0 Å². The van der Waals surface area contributed by atoms with Gasteiger partial charge in [0.05, 0.1) is 5.02 Å². The van der Waals surface area contributed by atoms with Gasteiger partial charge in [-0.1, -0.05) is 35.3 Å². The van der Waals surface area contributed by atoms with Crippen molar-refractivity contribution in [1.82, 2.24) is 0 Å². The van der Waals surface area contributed by atoms with Gasteiger partial charge in [0.1, 0.15) is 5.82 Å². The fourth-order valence-corrected chi connectivity index (χ4v) is 2.96. The fraction of sp³-hybridized carbons (Fsp3) is 0.200. The molecule has 0 amide bonds. The molecule has 2 rings (SSSR count). The van der Waals surface area contributed by atoms with Gasteiger partial charge in [0.25, 0.3) is 0 Å². The third-order valence-corrected chi connectivity index (χ3v) is 4.67. The normalized spacial score (nSPS) is 12.4. The number of rotatable bonds is 5. The highest BCUT2D eigenvalue weighted by atomic mass is 35.5. The van der Waals surface area contributed by atoms with Crippen LogP contribution in [0.2, 0.25) is 10.0 Å². The summed E-state index contributed by atoms with van der Waals surface area (Å²) >= 11 is 13.4. The molecule has 106 valence electrons. The van der Waals surface area contributed by atoms with Crippen molar-refractivity contribution < 1.29 is 4.39 Å². The van der Waals surface area contributed by atoms with Crippen molar-refractivity contribution in [3.05, 3.63) is 63.9 Å².